The molecule has 0 aromatic heterocycles. The predicted octanol–water partition coefficient (Wildman–Crippen LogP) is 2.82. The van der Waals surface area contributed by atoms with Crippen LogP contribution in [0.15, 0.2) is 41.3 Å². The fraction of sp³-hybridized carbons (Fsp3) is 0.235. The quantitative estimate of drug-likeness (QED) is 0.804. The van der Waals surface area contributed by atoms with E-state index >= 15 is 0 Å². The van der Waals surface area contributed by atoms with Gasteiger partial charge in [0.2, 0.25) is 10.0 Å². The zero-order valence-corrected chi connectivity index (χ0v) is 16.0. The number of rotatable bonds is 4. The molecule has 6 nitrogen and oxygen atoms in total. The Morgan fingerprint density at radius 2 is 1.96 bits per heavy atom. The zero-order valence-electron chi connectivity index (χ0n) is 13.6. The first kappa shape index (κ1) is 19.9. The summed E-state index contributed by atoms with van der Waals surface area (Å²) in [5.41, 5.74) is -0.143. The molecule has 1 fully saturated rings. The SMILES string of the molecule is N#Cc1ccc(O[C@H]2CN(S(=O)(=O)c3ccc(Cl)cc3Cl)C[C@@H]2O)cc1F. The second-order valence-corrected chi connectivity index (χ2v) is 8.62. The maximum absolute atomic E-state index is 13.7. The van der Waals surface area contributed by atoms with Gasteiger partial charge in [0.05, 0.1) is 17.1 Å². The lowest BCUT2D eigenvalue weighted by Crippen LogP contribution is -2.31. The van der Waals surface area contributed by atoms with E-state index in [9.17, 15) is 17.9 Å². The number of nitrogens with zero attached hydrogens (tertiary/aromatic N) is 2. The molecule has 0 radical (unpaired) electrons. The van der Waals surface area contributed by atoms with Crippen LogP contribution >= 0.6 is 23.2 Å². The molecule has 27 heavy (non-hydrogen) atoms. The van der Waals surface area contributed by atoms with Crippen molar-refractivity contribution in [2.45, 2.75) is 17.1 Å². The van der Waals surface area contributed by atoms with Gasteiger partial charge in [-0.05, 0) is 30.3 Å². The number of β-amino-alcohol motifs (C(OH)–C–C–N with tert-alkyl or cyclic N) is 1. The van der Waals surface area contributed by atoms with Gasteiger partial charge in [0.15, 0.2) is 0 Å². The first-order valence-corrected chi connectivity index (χ1v) is 9.91. The molecule has 2 aromatic carbocycles. The van der Waals surface area contributed by atoms with E-state index in [2.05, 4.69) is 0 Å². The van der Waals surface area contributed by atoms with Crippen LogP contribution in [0.2, 0.25) is 10.0 Å². The number of benzene rings is 2. The van der Waals surface area contributed by atoms with Crippen LogP contribution in [0, 0.1) is 17.1 Å². The fourth-order valence-electron chi connectivity index (χ4n) is 2.69. The summed E-state index contributed by atoms with van der Waals surface area (Å²) < 4.78 is 45.8. The Morgan fingerprint density at radius 1 is 1.22 bits per heavy atom. The van der Waals surface area contributed by atoms with Crippen molar-refractivity contribution < 1.29 is 22.7 Å². The first-order valence-electron chi connectivity index (χ1n) is 7.72. The van der Waals surface area contributed by atoms with Crippen LogP contribution in [0.1, 0.15) is 5.56 Å². The molecule has 0 bridgehead atoms. The van der Waals surface area contributed by atoms with Gasteiger partial charge in [-0.1, -0.05) is 23.2 Å². The third-order valence-corrected chi connectivity index (χ3v) is 6.61. The van der Waals surface area contributed by atoms with Crippen LogP contribution in [-0.4, -0.2) is 43.1 Å². The topological polar surface area (TPSA) is 90.6 Å². The average Bonchev–Trinajstić information content (AvgIpc) is 2.96. The fourth-order valence-corrected chi connectivity index (χ4v) is 4.91. The van der Waals surface area contributed by atoms with Crippen LogP contribution in [-0.2, 0) is 10.0 Å². The molecule has 0 spiro atoms. The number of nitriles is 1. The van der Waals surface area contributed by atoms with E-state index in [4.69, 9.17) is 33.2 Å². The summed E-state index contributed by atoms with van der Waals surface area (Å²) in [6.45, 7) is -0.352. The minimum atomic E-state index is -3.98. The highest BCUT2D eigenvalue weighted by molar-refractivity contribution is 7.89. The lowest BCUT2D eigenvalue weighted by Gasteiger charge is -2.18. The Hall–Kier alpha value is -1.89. The van der Waals surface area contributed by atoms with Gasteiger partial charge in [0.25, 0.3) is 0 Å². The largest absolute Gasteiger partial charge is 0.486 e. The summed E-state index contributed by atoms with van der Waals surface area (Å²) in [7, 11) is -3.98. The second-order valence-electron chi connectivity index (χ2n) is 5.87. The third-order valence-electron chi connectivity index (χ3n) is 4.06. The highest BCUT2D eigenvalue weighted by Crippen LogP contribution is 2.30. The molecule has 0 unspecified atom stereocenters. The van der Waals surface area contributed by atoms with E-state index in [1.807, 2.05) is 0 Å². The van der Waals surface area contributed by atoms with E-state index in [0.29, 0.717) is 5.02 Å². The molecule has 0 amide bonds. The molecule has 0 saturated carbocycles. The lowest BCUT2D eigenvalue weighted by molar-refractivity contribution is 0.0735. The lowest BCUT2D eigenvalue weighted by atomic mass is 10.2. The Bertz CT molecular complexity index is 1030. The van der Waals surface area contributed by atoms with Crippen LogP contribution in [0.25, 0.3) is 0 Å². The van der Waals surface area contributed by atoms with Crippen molar-refractivity contribution in [1.82, 2.24) is 4.31 Å². The van der Waals surface area contributed by atoms with Crippen molar-refractivity contribution in [1.29, 1.82) is 5.26 Å². The Morgan fingerprint density at radius 3 is 2.59 bits per heavy atom. The van der Waals surface area contributed by atoms with Gasteiger partial charge in [-0.3, -0.25) is 0 Å². The van der Waals surface area contributed by atoms with Crippen molar-refractivity contribution >= 4 is 33.2 Å². The minimum absolute atomic E-state index is 0.0319. The Balaban J connectivity index is 1.79. The number of sulfonamides is 1. The summed E-state index contributed by atoms with van der Waals surface area (Å²) in [6.07, 6.45) is -2.03. The van der Waals surface area contributed by atoms with E-state index in [1.165, 1.54) is 30.3 Å². The number of aliphatic hydroxyl groups is 1. The maximum atomic E-state index is 13.7. The smallest absolute Gasteiger partial charge is 0.244 e. The van der Waals surface area contributed by atoms with E-state index in [1.54, 1.807) is 6.07 Å². The van der Waals surface area contributed by atoms with Crippen molar-refractivity contribution in [3.05, 3.63) is 57.8 Å². The van der Waals surface area contributed by atoms with Crippen molar-refractivity contribution in [3.63, 3.8) is 0 Å². The summed E-state index contributed by atoms with van der Waals surface area (Å²) in [5.74, 6) is -0.681. The van der Waals surface area contributed by atoms with Gasteiger partial charge in [-0.25, -0.2) is 12.8 Å². The highest BCUT2D eigenvalue weighted by atomic mass is 35.5. The van der Waals surface area contributed by atoms with Gasteiger partial charge in [0.1, 0.15) is 34.7 Å². The maximum Gasteiger partial charge on any atom is 0.244 e. The van der Waals surface area contributed by atoms with E-state index < -0.39 is 28.0 Å². The van der Waals surface area contributed by atoms with E-state index in [0.717, 1.165) is 10.4 Å². The van der Waals surface area contributed by atoms with Crippen LogP contribution in [0.5, 0.6) is 5.75 Å². The highest BCUT2D eigenvalue weighted by Gasteiger charge is 2.40. The van der Waals surface area contributed by atoms with Crippen LogP contribution in [0.4, 0.5) is 4.39 Å². The first-order chi connectivity index (χ1) is 12.7. The molecule has 1 heterocycles. The van der Waals surface area contributed by atoms with Gasteiger partial charge in [0, 0.05) is 17.6 Å². The van der Waals surface area contributed by atoms with Crippen LogP contribution < -0.4 is 4.74 Å². The van der Waals surface area contributed by atoms with Gasteiger partial charge in [-0.2, -0.15) is 9.57 Å². The van der Waals surface area contributed by atoms with Gasteiger partial charge >= 0.3 is 0 Å². The summed E-state index contributed by atoms with van der Waals surface area (Å²) in [6, 6.07) is 9.33. The number of halogens is 3. The van der Waals surface area contributed by atoms with Crippen molar-refractivity contribution in [3.8, 4) is 11.8 Å². The third kappa shape index (κ3) is 4.03. The molecule has 2 atom stereocenters. The second kappa shape index (κ2) is 7.62. The molecule has 142 valence electrons. The molecule has 1 aliphatic heterocycles. The molecule has 3 rings (SSSR count). The summed E-state index contributed by atoms with van der Waals surface area (Å²) >= 11 is 11.8. The van der Waals surface area contributed by atoms with Crippen molar-refractivity contribution in [2.24, 2.45) is 0 Å². The van der Waals surface area contributed by atoms with E-state index in [-0.39, 0.29) is 34.3 Å². The summed E-state index contributed by atoms with van der Waals surface area (Å²) in [5, 5.41) is 19.2. The predicted molar refractivity (Wildman–Crippen MR) is 96.8 cm³/mol. The molecule has 10 heteroatoms. The molecular weight excluding hydrogens is 418 g/mol. The zero-order chi connectivity index (χ0) is 19.8. The normalized spacial score (nSPS) is 20.4. The molecule has 0 aliphatic carbocycles. The number of ether oxygens (including phenoxy) is 1. The molecule has 1 N–H and O–H groups in total. The molecular formula is C17H13Cl2FN2O4S. The number of aliphatic hydroxyl groups excluding tert-OH is 1. The summed E-state index contributed by atoms with van der Waals surface area (Å²) in [4.78, 5) is -0.133. The Kier molecular flexibility index (Phi) is 5.60. The van der Waals surface area contributed by atoms with Gasteiger partial charge in [-0.15, -0.1) is 0 Å². The molecule has 1 aliphatic rings. The standard InChI is InChI=1S/C17H13Cl2FN2O4S/c18-11-2-4-17(13(19)5-11)27(24,25)22-8-15(23)16(9-22)26-12-3-1-10(7-21)14(20)6-12/h1-6,15-16,23H,8-9H2/t15-,16-/m0/s1. The number of hydrogen-bond donors (Lipinski definition) is 1. The molecule has 1 saturated heterocycles. The average molecular weight is 431 g/mol. The Labute approximate surface area is 165 Å². The van der Waals surface area contributed by atoms with Crippen molar-refractivity contribution in [2.75, 3.05) is 13.1 Å². The van der Waals surface area contributed by atoms with Crippen LogP contribution in [0.3, 0.4) is 0 Å². The molecule has 2 aromatic rings. The minimum Gasteiger partial charge on any atom is -0.486 e. The monoisotopic (exact) mass is 430 g/mol. The number of hydrogen-bond acceptors (Lipinski definition) is 5. The van der Waals surface area contributed by atoms with Gasteiger partial charge < -0.3 is 9.84 Å².